The van der Waals surface area contributed by atoms with Crippen LogP contribution in [0.2, 0.25) is 0 Å². The second-order valence-corrected chi connectivity index (χ2v) is 4.48. The fourth-order valence-corrected chi connectivity index (χ4v) is 1.38. The summed E-state index contributed by atoms with van der Waals surface area (Å²) in [6.45, 7) is 2.73. The molecule has 0 saturated carbocycles. The molecule has 0 radical (unpaired) electrons. The van der Waals surface area contributed by atoms with Crippen molar-refractivity contribution in [2.75, 3.05) is 0 Å². The molecule has 1 aromatic carbocycles. The van der Waals surface area contributed by atoms with Crippen molar-refractivity contribution in [3.8, 4) is 0 Å². The predicted molar refractivity (Wildman–Crippen MR) is 55.5 cm³/mol. The molecule has 0 heterocycles. The monoisotopic (exact) mass is 266 g/mol. The molecule has 1 aromatic rings. The highest BCUT2D eigenvalue weighted by atomic mass is 19.4. The Hall–Kier alpha value is -1.46. The van der Waals surface area contributed by atoms with Gasteiger partial charge in [0, 0.05) is 11.0 Å². The molecule has 1 nitrogen and oxygen atoms in total. The molecule has 0 aromatic heterocycles. The zero-order chi connectivity index (χ0) is 14.1. The predicted octanol–water partition coefficient (Wildman–Crippen LogP) is 4.12. The standard InChI is InChI=1S/C12H11F5O/c1-11(2,6-18)8-3-7(10(13)14)4-9(5-8)12(15,16)17/h3-6,10H,1-2H3. The Morgan fingerprint density at radius 1 is 1.06 bits per heavy atom. The van der Waals surface area contributed by atoms with Crippen molar-refractivity contribution < 1.29 is 26.7 Å². The van der Waals surface area contributed by atoms with E-state index >= 15 is 0 Å². The molecule has 0 spiro atoms. The van der Waals surface area contributed by atoms with Crippen LogP contribution in [0.3, 0.4) is 0 Å². The van der Waals surface area contributed by atoms with Gasteiger partial charge in [-0.15, -0.1) is 0 Å². The minimum Gasteiger partial charge on any atom is -0.302 e. The average molecular weight is 266 g/mol. The average Bonchev–Trinajstić information content (AvgIpc) is 2.27. The van der Waals surface area contributed by atoms with Crippen molar-refractivity contribution in [2.45, 2.75) is 31.9 Å². The Bertz CT molecular complexity index is 448. The number of alkyl halides is 5. The van der Waals surface area contributed by atoms with Crippen molar-refractivity contribution in [1.82, 2.24) is 0 Å². The quantitative estimate of drug-likeness (QED) is 0.594. The topological polar surface area (TPSA) is 17.1 Å². The summed E-state index contributed by atoms with van der Waals surface area (Å²) in [6.07, 6.45) is -7.32. The highest BCUT2D eigenvalue weighted by Crippen LogP contribution is 2.35. The normalized spacial score (nSPS) is 12.9. The van der Waals surface area contributed by atoms with E-state index < -0.39 is 29.1 Å². The Balaban J connectivity index is 3.45. The molecular formula is C12H11F5O. The number of carbonyl (C=O) groups is 1. The fourth-order valence-electron chi connectivity index (χ4n) is 1.38. The molecule has 0 fully saturated rings. The minimum absolute atomic E-state index is 0.0809. The number of halogens is 5. The SMILES string of the molecule is CC(C)(C=O)c1cc(C(F)F)cc(C(F)(F)F)c1. The van der Waals surface area contributed by atoms with Crippen molar-refractivity contribution >= 4 is 6.29 Å². The van der Waals surface area contributed by atoms with Crippen LogP contribution in [0, 0.1) is 0 Å². The third-order valence-corrected chi connectivity index (χ3v) is 2.57. The van der Waals surface area contributed by atoms with Gasteiger partial charge in [-0.3, -0.25) is 0 Å². The van der Waals surface area contributed by atoms with Gasteiger partial charge in [-0.05, 0) is 37.6 Å². The molecule has 6 heteroatoms. The van der Waals surface area contributed by atoms with Crippen LogP contribution < -0.4 is 0 Å². The summed E-state index contributed by atoms with van der Waals surface area (Å²) in [5, 5.41) is 0. The number of rotatable bonds is 3. The lowest BCUT2D eigenvalue weighted by Gasteiger charge is -2.20. The van der Waals surface area contributed by atoms with Crippen molar-refractivity contribution in [3.05, 3.63) is 34.9 Å². The first kappa shape index (κ1) is 14.6. The van der Waals surface area contributed by atoms with Crippen LogP contribution in [0.1, 0.15) is 37.0 Å². The van der Waals surface area contributed by atoms with Gasteiger partial charge in [-0.2, -0.15) is 13.2 Å². The van der Waals surface area contributed by atoms with E-state index in [0.29, 0.717) is 12.4 Å². The van der Waals surface area contributed by atoms with Crippen LogP contribution in [0.5, 0.6) is 0 Å². The van der Waals surface area contributed by atoms with Crippen molar-refractivity contribution in [2.24, 2.45) is 0 Å². The van der Waals surface area contributed by atoms with Gasteiger partial charge in [0.05, 0.1) is 5.56 Å². The van der Waals surface area contributed by atoms with E-state index in [1.807, 2.05) is 0 Å². The van der Waals surface area contributed by atoms with Gasteiger partial charge in [-0.1, -0.05) is 0 Å². The van der Waals surface area contributed by atoms with E-state index in [-0.39, 0.29) is 5.56 Å². The molecule has 0 amide bonds. The van der Waals surface area contributed by atoms with Crippen LogP contribution >= 0.6 is 0 Å². The summed E-state index contributed by atoms with van der Waals surface area (Å²) >= 11 is 0. The number of hydrogen-bond acceptors (Lipinski definition) is 1. The van der Waals surface area contributed by atoms with E-state index in [0.717, 1.165) is 12.1 Å². The summed E-state index contributed by atoms with van der Waals surface area (Å²) in [6, 6.07) is 2.05. The van der Waals surface area contributed by atoms with Crippen LogP contribution in [-0.4, -0.2) is 6.29 Å². The Labute approximate surface area is 101 Å². The number of aldehydes is 1. The van der Waals surface area contributed by atoms with Crippen molar-refractivity contribution in [1.29, 1.82) is 0 Å². The van der Waals surface area contributed by atoms with Gasteiger partial charge in [0.15, 0.2) is 0 Å². The first-order valence-corrected chi connectivity index (χ1v) is 5.05. The molecule has 100 valence electrons. The van der Waals surface area contributed by atoms with Crippen LogP contribution in [-0.2, 0) is 16.4 Å². The van der Waals surface area contributed by atoms with E-state index in [1.54, 1.807) is 0 Å². The molecule has 0 aliphatic heterocycles. The molecule has 0 aliphatic carbocycles. The van der Waals surface area contributed by atoms with Gasteiger partial charge < -0.3 is 4.79 Å². The van der Waals surface area contributed by atoms with Gasteiger partial charge in [0.2, 0.25) is 0 Å². The number of carbonyl (C=O) groups excluding carboxylic acids is 1. The number of benzene rings is 1. The van der Waals surface area contributed by atoms with Gasteiger partial charge in [-0.25, -0.2) is 8.78 Å². The summed E-state index contributed by atoms with van der Waals surface area (Å²) < 4.78 is 62.8. The van der Waals surface area contributed by atoms with Gasteiger partial charge >= 0.3 is 6.18 Å². The molecule has 0 bridgehead atoms. The van der Waals surface area contributed by atoms with Crippen LogP contribution in [0.15, 0.2) is 18.2 Å². The summed E-state index contributed by atoms with van der Waals surface area (Å²) in [7, 11) is 0. The van der Waals surface area contributed by atoms with Crippen LogP contribution in [0.4, 0.5) is 22.0 Å². The highest BCUT2D eigenvalue weighted by Gasteiger charge is 2.33. The van der Waals surface area contributed by atoms with Gasteiger partial charge in [0.1, 0.15) is 6.29 Å². The molecule has 0 saturated heterocycles. The smallest absolute Gasteiger partial charge is 0.302 e. The summed E-state index contributed by atoms with van der Waals surface area (Å²) in [5.41, 5.74) is -3.24. The van der Waals surface area contributed by atoms with Crippen molar-refractivity contribution in [3.63, 3.8) is 0 Å². The first-order valence-electron chi connectivity index (χ1n) is 5.05. The summed E-state index contributed by atoms with van der Waals surface area (Å²) in [5.74, 6) is 0. The third kappa shape index (κ3) is 3.05. The highest BCUT2D eigenvalue weighted by molar-refractivity contribution is 5.67. The molecule has 0 N–H and O–H groups in total. The Morgan fingerprint density at radius 2 is 1.56 bits per heavy atom. The maximum Gasteiger partial charge on any atom is 0.416 e. The van der Waals surface area contributed by atoms with E-state index in [1.165, 1.54) is 13.8 Å². The van der Waals surface area contributed by atoms with Gasteiger partial charge in [0.25, 0.3) is 6.43 Å². The molecule has 0 aliphatic rings. The molecule has 1 rings (SSSR count). The lowest BCUT2D eigenvalue weighted by atomic mass is 9.84. The second-order valence-electron chi connectivity index (χ2n) is 4.48. The molecular weight excluding hydrogens is 255 g/mol. The molecule has 0 unspecified atom stereocenters. The maximum absolute atomic E-state index is 12.6. The van der Waals surface area contributed by atoms with E-state index in [9.17, 15) is 26.7 Å². The Kier molecular flexibility index (Phi) is 3.78. The summed E-state index contributed by atoms with van der Waals surface area (Å²) in [4.78, 5) is 10.8. The van der Waals surface area contributed by atoms with E-state index in [4.69, 9.17) is 0 Å². The number of hydrogen-bond donors (Lipinski definition) is 0. The third-order valence-electron chi connectivity index (χ3n) is 2.57. The maximum atomic E-state index is 12.6. The fraction of sp³-hybridized carbons (Fsp3) is 0.417. The Morgan fingerprint density at radius 3 is 1.94 bits per heavy atom. The first-order chi connectivity index (χ1) is 8.08. The zero-order valence-corrected chi connectivity index (χ0v) is 9.68. The minimum atomic E-state index is -4.72. The molecule has 0 atom stereocenters. The largest absolute Gasteiger partial charge is 0.416 e. The molecule has 18 heavy (non-hydrogen) atoms. The second kappa shape index (κ2) is 4.66. The lowest BCUT2D eigenvalue weighted by molar-refractivity contribution is -0.137. The van der Waals surface area contributed by atoms with E-state index in [2.05, 4.69) is 0 Å². The zero-order valence-electron chi connectivity index (χ0n) is 9.68. The lowest BCUT2D eigenvalue weighted by Crippen LogP contribution is -2.20. The van der Waals surface area contributed by atoms with Crippen LogP contribution in [0.25, 0.3) is 0 Å².